The lowest BCUT2D eigenvalue weighted by atomic mass is 10.2. The molecule has 0 saturated carbocycles. The van der Waals surface area contributed by atoms with Crippen molar-refractivity contribution in [3.63, 3.8) is 0 Å². The van der Waals surface area contributed by atoms with E-state index in [1.54, 1.807) is 0 Å². The van der Waals surface area contributed by atoms with Crippen LogP contribution in [-0.4, -0.2) is 5.87 Å². The Morgan fingerprint density at radius 1 is 0.708 bits per heavy atom. The minimum Gasteiger partial charge on any atom is -0.204 e. The average molecular weight is 311 g/mol. The molecule has 116 valence electrons. The lowest BCUT2D eigenvalue weighted by Crippen LogP contribution is -1.80. The molecule has 3 aromatic carbocycles. The van der Waals surface area contributed by atoms with Crippen molar-refractivity contribution in [2.75, 3.05) is 0 Å². The van der Waals surface area contributed by atoms with E-state index in [0.29, 0.717) is 5.70 Å². The van der Waals surface area contributed by atoms with Gasteiger partial charge in [0.05, 0.1) is 11.4 Å². The smallest absolute Gasteiger partial charge is 0.154 e. The summed E-state index contributed by atoms with van der Waals surface area (Å²) in [6.07, 6.45) is 0. The van der Waals surface area contributed by atoms with Crippen LogP contribution in [0.4, 0.5) is 11.4 Å². The summed E-state index contributed by atoms with van der Waals surface area (Å²) < 4.78 is 0. The summed E-state index contributed by atoms with van der Waals surface area (Å²) >= 11 is 0. The van der Waals surface area contributed by atoms with Crippen LogP contribution in [0, 0.1) is 6.92 Å². The summed E-state index contributed by atoms with van der Waals surface area (Å²) in [6.45, 7) is 2.05. The quantitative estimate of drug-likeness (QED) is 0.411. The summed E-state index contributed by atoms with van der Waals surface area (Å²) in [6, 6.07) is 27.4. The Balaban J connectivity index is 1.97. The predicted molar refractivity (Wildman–Crippen MR) is 99.1 cm³/mol. The Morgan fingerprint density at radius 3 is 2.00 bits per heavy atom. The van der Waals surface area contributed by atoms with Gasteiger partial charge >= 0.3 is 0 Å². The molecule has 0 heterocycles. The van der Waals surface area contributed by atoms with Crippen LogP contribution >= 0.6 is 0 Å². The van der Waals surface area contributed by atoms with Gasteiger partial charge < -0.3 is 0 Å². The standard InChI is InChI=1S/C21H17N3/c1-17-12-14-19(15-13-17)22-16-21(18-8-4-2-5-9-18)24-23-20-10-6-3-7-11-20/h2-15H,1H3. The van der Waals surface area contributed by atoms with Crippen LogP contribution in [0.3, 0.4) is 0 Å². The van der Waals surface area contributed by atoms with Gasteiger partial charge in [-0.2, -0.15) is 0 Å². The number of hydrogen-bond donors (Lipinski definition) is 0. The molecule has 3 nitrogen and oxygen atoms in total. The number of benzene rings is 3. The van der Waals surface area contributed by atoms with Crippen molar-refractivity contribution in [3.8, 4) is 0 Å². The molecule has 0 bridgehead atoms. The molecule has 0 fully saturated rings. The van der Waals surface area contributed by atoms with Gasteiger partial charge in [0.15, 0.2) is 5.70 Å². The first-order valence-electron chi connectivity index (χ1n) is 7.74. The number of aryl methyl sites for hydroxylation is 1. The third-order valence-corrected chi connectivity index (χ3v) is 3.39. The Morgan fingerprint density at radius 2 is 1.33 bits per heavy atom. The van der Waals surface area contributed by atoms with Crippen LogP contribution in [0.25, 0.3) is 5.70 Å². The molecular formula is C21H17N3. The van der Waals surface area contributed by atoms with Crippen LogP contribution in [0.5, 0.6) is 0 Å². The highest BCUT2D eigenvalue weighted by molar-refractivity contribution is 5.90. The van der Waals surface area contributed by atoms with Crippen molar-refractivity contribution < 1.29 is 0 Å². The first-order chi connectivity index (χ1) is 11.8. The number of nitrogens with zero attached hydrogens (tertiary/aromatic N) is 3. The SMILES string of the molecule is Cc1ccc(N=C=C(N=Nc2ccccc2)c2ccccc2)cc1. The topological polar surface area (TPSA) is 37.1 Å². The Labute approximate surface area is 141 Å². The molecule has 0 unspecified atom stereocenters. The fourth-order valence-electron chi connectivity index (χ4n) is 2.08. The highest BCUT2D eigenvalue weighted by Crippen LogP contribution is 2.18. The van der Waals surface area contributed by atoms with E-state index in [4.69, 9.17) is 0 Å². The zero-order valence-electron chi connectivity index (χ0n) is 13.4. The Kier molecular flexibility index (Phi) is 5.08. The summed E-state index contributed by atoms with van der Waals surface area (Å²) in [5, 5.41) is 8.61. The molecule has 0 amide bonds. The summed E-state index contributed by atoms with van der Waals surface area (Å²) in [7, 11) is 0. The summed E-state index contributed by atoms with van der Waals surface area (Å²) in [5.74, 6) is 3.02. The van der Waals surface area contributed by atoms with Crippen molar-refractivity contribution in [2.45, 2.75) is 6.92 Å². The lowest BCUT2D eigenvalue weighted by Gasteiger charge is -1.97. The molecule has 0 aliphatic carbocycles. The highest BCUT2D eigenvalue weighted by Gasteiger charge is 1.99. The second kappa shape index (κ2) is 7.82. The molecule has 0 aliphatic heterocycles. The number of hydrogen-bond acceptors (Lipinski definition) is 3. The van der Waals surface area contributed by atoms with Gasteiger partial charge in [-0.15, -0.1) is 10.2 Å². The van der Waals surface area contributed by atoms with E-state index in [0.717, 1.165) is 16.9 Å². The van der Waals surface area contributed by atoms with Crippen LogP contribution in [0.1, 0.15) is 11.1 Å². The molecule has 3 aromatic rings. The molecule has 0 aliphatic rings. The fraction of sp³-hybridized carbons (Fsp3) is 0.0476. The maximum Gasteiger partial charge on any atom is 0.154 e. The van der Waals surface area contributed by atoms with Gasteiger partial charge in [-0.25, -0.2) is 4.99 Å². The van der Waals surface area contributed by atoms with E-state index in [9.17, 15) is 0 Å². The summed E-state index contributed by atoms with van der Waals surface area (Å²) in [5.41, 5.74) is 4.35. The van der Waals surface area contributed by atoms with Crippen LogP contribution in [0.2, 0.25) is 0 Å². The molecule has 0 atom stereocenters. The third kappa shape index (κ3) is 4.35. The van der Waals surface area contributed by atoms with Gasteiger partial charge in [0.25, 0.3) is 0 Å². The van der Waals surface area contributed by atoms with Crippen molar-refractivity contribution >= 4 is 22.9 Å². The van der Waals surface area contributed by atoms with Crippen LogP contribution in [0.15, 0.2) is 100 Å². The van der Waals surface area contributed by atoms with E-state index in [1.165, 1.54) is 5.56 Å². The Bertz CT molecular complexity index is 873. The van der Waals surface area contributed by atoms with Gasteiger partial charge in [-0.1, -0.05) is 66.2 Å². The molecular weight excluding hydrogens is 294 g/mol. The first kappa shape index (κ1) is 15.6. The maximum atomic E-state index is 4.40. The van der Waals surface area contributed by atoms with Crippen LogP contribution in [-0.2, 0) is 0 Å². The second-order valence-electron chi connectivity index (χ2n) is 5.31. The largest absolute Gasteiger partial charge is 0.204 e. The highest BCUT2D eigenvalue weighted by atomic mass is 15.1. The number of aliphatic imine (C=N–C) groups is 1. The van der Waals surface area contributed by atoms with E-state index in [-0.39, 0.29) is 0 Å². The van der Waals surface area contributed by atoms with Gasteiger partial charge in [-0.3, -0.25) is 0 Å². The van der Waals surface area contributed by atoms with Crippen molar-refractivity contribution in [3.05, 3.63) is 96.1 Å². The molecule has 3 heteroatoms. The van der Waals surface area contributed by atoms with Crippen molar-refractivity contribution in [1.29, 1.82) is 0 Å². The summed E-state index contributed by atoms with van der Waals surface area (Å²) in [4.78, 5) is 4.40. The van der Waals surface area contributed by atoms with E-state index < -0.39 is 0 Å². The first-order valence-corrected chi connectivity index (χ1v) is 7.74. The Hall–Kier alpha value is -3.29. The molecule has 0 N–H and O–H groups in total. The van der Waals surface area contributed by atoms with Gasteiger partial charge in [0.2, 0.25) is 0 Å². The van der Waals surface area contributed by atoms with Crippen molar-refractivity contribution in [2.24, 2.45) is 15.2 Å². The number of azo groups is 1. The monoisotopic (exact) mass is 311 g/mol. The molecule has 0 spiro atoms. The minimum absolute atomic E-state index is 0.597. The zero-order chi connectivity index (χ0) is 16.6. The van der Waals surface area contributed by atoms with Gasteiger partial charge in [0, 0.05) is 11.4 Å². The van der Waals surface area contributed by atoms with Gasteiger partial charge in [-0.05, 0) is 31.2 Å². The van der Waals surface area contributed by atoms with E-state index in [1.807, 2.05) is 91.9 Å². The van der Waals surface area contributed by atoms with Crippen molar-refractivity contribution in [1.82, 2.24) is 0 Å². The predicted octanol–water partition coefficient (Wildman–Crippen LogP) is 6.12. The molecule has 0 aromatic heterocycles. The third-order valence-electron chi connectivity index (χ3n) is 3.39. The average Bonchev–Trinajstić information content (AvgIpc) is 2.65. The lowest BCUT2D eigenvalue weighted by molar-refractivity contribution is 1.25. The zero-order valence-corrected chi connectivity index (χ0v) is 13.4. The fourth-order valence-corrected chi connectivity index (χ4v) is 2.08. The number of rotatable bonds is 4. The van der Waals surface area contributed by atoms with E-state index in [2.05, 4.69) is 21.1 Å². The van der Waals surface area contributed by atoms with Crippen LogP contribution < -0.4 is 0 Å². The maximum absolute atomic E-state index is 4.40. The molecule has 3 rings (SSSR count). The minimum atomic E-state index is 0.597. The molecule has 0 radical (unpaired) electrons. The normalized spacial score (nSPS) is 10.4. The molecule has 24 heavy (non-hydrogen) atoms. The van der Waals surface area contributed by atoms with Gasteiger partial charge in [0.1, 0.15) is 0 Å². The molecule has 0 saturated heterocycles. The van der Waals surface area contributed by atoms with E-state index >= 15 is 0 Å². The second-order valence-corrected chi connectivity index (χ2v) is 5.31.